The average molecular weight is 474 g/mol. The Morgan fingerprint density at radius 1 is 1.12 bits per heavy atom. The van der Waals surface area contributed by atoms with Crippen LogP contribution in [0.15, 0.2) is 35.5 Å². The summed E-state index contributed by atoms with van der Waals surface area (Å²) >= 11 is 0. The van der Waals surface area contributed by atoms with Crippen LogP contribution in [-0.4, -0.2) is 92.3 Å². The topological polar surface area (TPSA) is 103 Å². The van der Waals surface area contributed by atoms with Gasteiger partial charge in [0.15, 0.2) is 0 Å². The molecule has 0 bridgehead atoms. The van der Waals surface area contributed by atoms with Crippen molar-refractivity contribution in [2.75, 3.05) is 59.5 Å². The van der Waals surface area contributed by atoms with Crippen LogP contribution in [0.2, 0.25) is 0 Å². The van der Waals surface area contributed by atoms with Crippen molar-refractivity contribution < 1.29 is 23.9 Å². The van der Waals surface area contributed by atoms with Gasteiger partial charge in [0.05, 0.1) is 25.3 Å². The summed E-state index contributed by atoms with van der Waals surface area (Å²) in [5.41, 5.74) is 1.71. The Hall–Kier alpha value is -3.27. The Bertz CT molecular complexity index is 926. The number of para-hydroxylation sites is 1. The largest absolute Gasteiger partial charge is 0.496 e. The maximum atomic E-state index is 13.2. The van der Waals surface area contributed by atoms with Gasteiger partial charge in [-0.3, -0.25) is 9.80 Å². The van der Waals surface area contributed by atoms with Crippen LogP contribution in [0.25, 0.3) is 0 Å². The third kappa shape index (κ3) is 5.44. The highest BCUT2D eigenvalue weighted by Crippen LogP contribution is 2.36. The number of hydrogen-bond donors (Lipinski definition) is 2. The normalized spacial score (nSPS) is 19.1. The first kappa shape index (κ1) is 25.4. The minimum Gasteiger partial charge on any atom is -0.496 e. The Morgan fingerprint density at radius 2 is 1.82 bits per heavy atom. The van der Waals surface area contributed by atoms with Gasteiger partial charge in [-0.05, 0) is 26.8 Å². The smallest absolute Gasteiger partial charge is 0.338 e. The summed E-state index contributed by atoms with van der Waals surface area (Å²) in [6.45, 7) is 9.54. The number of carbonyl (C=O) groups is 3. The van der Waals surface area contributed by atoms with Gasteiger partial charge in [0.25, 0.3) is 0 Å². The van der Waals surface area contributed by atoms with Crippen LogP contribution >= 0.6 is 0 Å². The summed E-state index contributed by atoms with van der Waals surface area (Å²) < 4.78 is 11.0. The number of hydrogen-bond acceptors (Lipinski definition) is 6. The number of carbonyl (C=O) groups excluding carboxylic acids is 3. The number of esters is 1. The lowest BCUT2D eigenvalue weighted by Gasteiger charge is -2.40. The first-order chi connectivity index (χ1) is 16.4. The lowest BCUT2D eigenvalue weighted by Crippen LogP contribution is -2.55. The fourth-order valence-corrected chi connectivity index (χ4v) is 4.38. The molecule has 1 aromatic rings. The van der Waals surface area contributed by atoms with Crippen LogP contribution in [0, 0.1) is 0 Å². The molecule has 0 aliphatic carbocycles. The number of rotatable bonds is 8. The number of ether oxygens (including phenoxy) is 2. The van der Waals surface area contributed by atoms with E-state index in [2.05, 4.69) is 15.5 Å². The molecule has 2 aliphatic rings. The van der Waals surface area contributed by atoms with Gasteiger partial charge in [-0.1, -0.05) is 18.2 Å². The van der Waals surface area contributed by atoms with Gasteiger partial charge in [0, 0.05) is 57.1 Å². The molecule has 1 saturated heterocycles. The van der Waals surface area contributed by atoms with Crippen LogP contribution in [0.1, 0.15) is 32.4 Å². The molecule has 1 unspecified atom stereocenters. The summed E-state index contributed by atoms with van der Waals surface area (Å²) in [7, 11) is 1.56. The molecular formula is C24H35N5O5. The highest BCUT2D eigenvalue weighted by Gasteiger charge is 2.39. The van der Waals surface area contributed by atoms with E-state index < -0.39 is 12.0 Å². The monoisotopic (exact) mass is 473 g/mol. The van der Waals surface area contributed by atoms with E-state index in [-0.39, 0.29) is 18.7 Å². The molecule has 1 atom stereocenters. The molecule has 2 N–H and O–H groups in total. The zero-order valence-electron chi connectivity index (χ0n) is 20.4. The maximum absolute atomic E-state index is 13.2. The summed E-state index contributed by atoms with van der Waals surface area (Å²) in [5.74, 6) is 0.113. The summed E-state index contributed by atoms with van der Waals surface area (Å²) in [6, 6.07) is 6.29. The van der Waals surface area contributed by atoms with Crippen LogP contribution in [-0.2, 0) is 9.53 Å². The number of benzene rings is 1. The number of nitrogens with one attached hydrogen (secondary N) is 2. The zero-order valence-corrected chi connectivity index (χ0v) is 20.4. The highest BCUT2D eigenvalue weighted by molar-refractivity contribution is 5.95. The number of amides is 4. The molecule has 2 heterocycles. The van der Waals surface area contributed by atoms with Gasteiger partial charge in [-0.25, -0.2) is 14.4 Å². The van der Waals surface area contributed by atoms with Crippen LogP contribution in [0.3, 0.4) is 0 Å². The summed E-state index contributed by atoms with van der Waals surface area (Å²) in [5, 5.41) is 5.80. The molecule has 10 heteroatoms. The van der Waals surface area contributed by atoms with E-state index in [1.807, 2.05) is 32.0 Å². The Morgan fingerprint density at radius 3 is 2.44 bits per heavy atom. The molecule has 2 aliphatic heterocycles. The predicted molar refractivity (Wildman–Crippen MR) is 127 cm³/mol. The lowest BCUT2D eigenvalue weighted by molar-refractivity contribution is -0.139. The Labute approximate surface area is 200 Å². The average Bonchev–Trinajstić information content (AvgIpc) is 2.84. The number of nitrogens with zero attached hydrogens (tertiary/aromatic N) is 3. The first-order valence-electron chi connectivity index (χ1n) is 11.8. The number of piperazine rings is 1. The Balaban J connectivity index is 1.97. The lowest BCUT2D eigenvalue weighted by atomic mass is 9.93. The van der Waals surface area contributed by atoms with Crippen LogP contribution < -0.4 is 15.4 Å². The van der Waals surface area contributed by atoms with E-state index >= 15 is 0 Å². The van der Waals surface area contributed by atoms with Crippen molar-refractivity contribution in [1.29, 1.82) is 0 Å². The Kier molecular flexibility index (Phi) is 8.75. The predicted octanol–water partition coefficient (Wildman–Crippen LogP) is 1.95. The van der Waals surface area contributed by atoms with E-state index in [1.54, 1.807) is 29.9 Å². The van der Waals surface area contributed by atoms with E-state index in [9.17, 15) is 14.4 Å². The molecule has 4 amide bonds. The van der Waals surface area contributed by atoms with Crippen molar-refractivity contribution in [1.82, 2.24) is 25.3 Å². The van der Waals surface area contributed by atoms with Gasteiger partial charge < -0.3 is 25.0 Å². The zero-order chi connectivity index (χ0) is 24.7. The van der Waals surface area contributed by atoms with Crippen molar-refractivity contribution >= 4 is 18.0 Å². The van der Waals surface area contributed by atoms with Crippen molar-refractivity contribution in [2.45, 2.75) is 26.8 Å². The van der Waals surface area contributed by atoms with Crippen LogP contribution in [0.5, 0.6) is 5.75 Å². The van der Waals surface area contributed by atoms with E-state index in [1.165, 1.54) is 0 Å². The molecule has 34 heavy (non-hydrogen) atoms. The molecule has 1 aromatic carbocycles. The van der Waals surface area contributed by atoms with Gasteiger partial charge in [0.1, 0.15) is 5.75 Å². The van der Waals surface area contributed by atoms with Gasteiger partial charge in [0.2, 0.25) is 0 Å². The SMILES string of the molecule is CCNC(=O)N1CCN(CC2=C(C(=O)OCC)C(c3ccccc3OC)NC(=O)N2CC)CC1. The third-order valence-corrected chi connectivity index (χ3v) is 6.06. The number of likely N-dealkylation sites (N-methyl/N-ethyl adjacent to an activating group) is 1. The number of urea groups is 2. The first-order valence-corrected chi connectivity index (χ1v) is 11.8. The summed E-state index contributed by atoms with van der Waals surface area (Å²) in [4.78, 5) is 44.0. The second-order valence-corrected chi connectivity index (χ2v) is 8.05. The molecule has 0 radical (unpaired) electrons. The fourth-order valence-electron chi connectivity index (χ4n) is 4.38. The molecule has 0 aromatic heterocycles. The van der Waals surface area contributed by atoms with Crippen molar-refractivity contribution in [3.05, 3.63) is 41.1 Å². The fraction of sp³-hybridized carbons (Fsp3) is 0.542. The van der Waals surface area contributed by atoms with Gasteiger partial charge in [-0.2, -0.15) is 0 Å². The van der Waals surface area contributed by atoms with Gasteiger partial charge >= 0.3 is 18.0 Å². The van der Waals surface area contributed by atoms with Crippen molar-refractivity contribution in [3.63, 3.8) is 0 Å². The number of methoxy groups -OCH3 is 1. The molecule has 0 saturated carbocycles. The van der Waals surface area contributed by atoms with Crippen molar-refractivity contribution in [3.8, 4) is 5.75 Å². The third-order valence-electron chi connectivity index (χ3n) is 6.06. The summed E-state index contributed by atoms with van der Waals surface area (Å²) in [6.07, 6.45) is 0. The second-order valence-electron chi connectivity index (χ2n) is 8.05. The van der Waals surface area contributed by atoms with E-state index in [4.69, 9.17) is 9.47 Å². The van der Waals surface area contributed by atoms with E-state index in [0.29, 0.717) is 68.4 Å². The van der Waals surface area contributed by atoms with E-state index in [0.717, 1.165) is 0 Å². The molecule has 1 fully saturated rings. The molecule has 186 valence electrons. The quantitative estimate of drug-likeness (QED) is 0.560. The molecule has 0 spiro atoms. The van der Waals surface area contributed by atoms with Gasteiger partial charge in [-0.15, -0.1) is 0 Å². The van der Waals surface area contributed by atoms with Crippen molar-refractivity contribution in [2.24, 2.45) is 0 Å². The highest BCUT2D eigenvalue weighted by atomic mass is 16.5. The minimum atomic E-state index is -0.697. The molecular weight excluding hydrogens is 438 g/mol. The minimum absolute atomic E-state index is 0.0722. The standard InChI is InChI=1S/C24H35N5O5/c1-5-25-23(31)28-14-12-27(13-15-28)16-18-20(22(30)34-7-3)21(26-24(32)29(18)6-2)17-10-8-9-11-19(17)33-4/h8-11,21H,5-7,12-16H2,1-4H3,(H,25,31)(H,26,32). The molecule has 3 rings (SSSR count). The molecule has 10 nitrogen and oxygen atoms in total. The van der Waals surface area contributed by atoms with Crippen LogP contribution in [0.4, 0.5) is 9.59 Å². The second kappa shape index (κ2) is 11.7. The maximum Gasteiger partial charge on any atom is 0.338 e.